The Morgan fingerprint density at radius 1 is 1.27 bits per heavy atom. The van der Waals surface area contributed by atoms with Gasteiger partial charge in [0.05, 0.1) is 5.88 Å². The molecule has 116 valence electrons. The molecule has 0 aliphatic carbocycles. The molecule has 2 heterocycles. The molecule has 0 atom stereocenters. The minimum Gasteiger partial charge on any atom is -0.505 e. The van der Waals surface area contributed by atoms with Gasteiger partial charge in [0, 0.05) is 19.2 Å². The molecule has 22 heavy (non-hydrogen) atoms. The van der Waals surface area contributed by atoms with Gasteiger partial charge in [0.1, 0.15) is 24.7 Å². The number of hydrogen-bond acceptors (Lipinski definition) is 10. The molecule has 0 amide bonds. The van der Waals surface area contributed by atoms with Crippen molar-refractivity contribution in [3.63, 3.8) is 0 Å². The molecule has 2 aromatic rings. The Kier molecular flexibility index (Phi) is 4.29. The fourth-order valence-corrected chi connectivity index (χ4v) is 2.57. The normalized spacial score (nSPS) is 13.5. The van der Waals surface area contributed by atoms with E-state index >= 15 is 0 Å². The molecule has 0 unspecified atom stereocenters. The molecule has 1 N–H and O–H groups in total. The van der Waals surface area contributed by atoms with E-state index in [2.05, 4.69) is 33.1 Å². The van der Waals surface area contributed by atoms with E-state index in [1.807, 2.05) is 11.9 Å². The second kappa shape index (κ2) is 6.36. The van der Waals surface area contributed by atoms with Crippen molar-refractivity contribution >= 4 is 39.9 Å². The molecule has 10 heteroatoms. The molecule has 1 aromatic carbocycles. The standard InChI is InChI=1S/C12H13N5O3S2/c1-17(6-21)12-16-15-11(22-12)14-13-7-4-9-10(5-8(7)18)20-3-2-19-9/h4-5,18,21H,2-3,6H2,1H3. The number of azo groups is 1. The summed E-state index contributed by atoms with van der Waals surface area (Å²) in [7, 11) is 1.85. The number of rotatable bonds is 4. The first kappa shape index (κ1) is 14.9. The Hall–Kier alpha value is -2.07. The summed E-state index contributed by atoms with van der Waals surface area (Å²) in [5.74, 6) is 1.52. The first-order valence-electron chi connectivity index (χ1n) is 6.37. The molecule has 0 radical (unpaired) electrons. The fraction of sp³-hybridized carbons (Fsp3) is 0.333. The minimum absolute atomic E-state index is 0.0368. The third-order valence-electron chi connectivity index (χ3n) is 2.82. The van der Waals surface area contributed by atoms with Gasteiger partial charge in [-0.15, -0.1) is 20.4 Å². The Labute approximate surface area is 135 Å². The number of aromatic nitrogens is 2. The molecule has 1 aromatic heterocycles. The van der Waals surface area contributed by atoms with Crippen LogP contribution in [0.25, 0.3) is 0 Å². The van der Waals surface area contributed by atoms with E-state index in [1.54, 1.807) is 6.07 Å². The lowest BCUT2D eigenvalue weighted by atomic mass is 10.2. The number of fused-ring (bicyclic) bond motifs is 1. The molecule has 0 saturated carbocycles. The van der Waals surface area contributed by atoms with Crippen LogP contribution in [0, 0.1) is 0 Å². The number of anilines is 1. The van der Waals surface area contributed by atoms with Crippen molar-refractivity contribution in [1.82, 2.24) is 10.2 Å². The Bertz CT molecular complexity index is 706. The van der Waals surface area contributed by atoms with Gasteiger partial charge < -0.3 is 19.5 Å². The number of thiol groups is 1. The van der Waals surface area contributed by atoms with E-state index in [0.29, 0.717) is 40.9 Å². The molecule has 3 rings (SSSR count). The molecular formula is C12H13N5O3S2. The lowest BCUT2D eigenvalue weighted by Crippen LogP contribution is -2.14. The van der Waals surface area contributed by atoms with Gasteiger partial charge in [0.2, 0.25) is 5.13 Å². The van der Waals surface area contributed by atoms with E-state index in [1.165, 1.54) is 17.4 Å². The summed E-state index contributed by atoms with van der Waals surface area (Å²) in [6, 6.07) is 3.04. The van der Waals surface area contributed by atoms with Gasteiger partial charge in [-0.1, -0.05) is 11.3 Å². The number of phenols is 1. The minimum atomic E-state index is -0.0368. The Morgan fingerprint density at radius 2 is 2.00 bits per heavy atom. The maximum Gasteiger partial charge on any atom is 0.253 e. The van der Waals surface area contributed by atoms with E-state index in [9.17, 15) is 5.11 Å². The number of phenolic OH excluding ortho intramolecular Hbond substituents is 1. The molecule has 0 bridgehead atoms. The zero-order valence-corrected chi connectivity index (χ0v) is 13.3. The average molecular weight is 339 g/mol. The van der Waals surface area contributed by atoms with Gasteiger partial charge in [-0.05, 0) is 0 Å². The van der Waals surface area contributed by atoms with Crippen molar-refractivity contribution in [3.8, 4) is 17.2 Å². The van der Waals surface area contributed by atoms with Crippen LogP contribution >= 0.6 is 24.0 Å². The third kappa shape index (κ3) is 3.07. The second-order valence-electron chi connectivity index (χ2n) is 4.39. The lowest BCUT2D eigenvalue weighted by Gasteiger charge is -2.18. The molecule has 0 fully saturated rings. The van der Waals surface area contributed by atoms with E-state index in [0.717, 1.165) is 0 Å². The molecule has 0 spiro atoms. The zero-order chi connectivity index (χ0) is 15.5. The van der Waals surface area contributed by atoms with Gasteiger partial charge in [-0.3, -0.25) is 0 Å². The largest absolute Gasteiger partial charge is 0.505 e. The zero-order valence-electron chi connectivity index (χ0n) is 11.6. The summed E-state index contributed by atoms with van der Waals surface area (Å²) in [6.07, 6.45) is 0. The molecule has 1 aliphatic rings. The summed E-state index contributed by atoms with van der Waals surface area (Å²) in [5, 5.41) is 26.9. The van der Waals surface area contributed by atoms with Crippen LogP contribution in [-0.4, -0.2) is 41.4 Å². The third-order valence-corrected chi connectivity index (χ3v) is 4.17. The number of nitrogens with zero attached hydrogens (tertiary/aromatic N) is 5. The Morgan fingerprint density at radius 3 is 2.73 bits per heavy atom. The van der Waals surface area contributed by atoms with Crippen molar-refractivity contribution < 1.29 is 14.6 Å². The first-order chi connectivity index (χ1) is 10.7. The first-order valence-corrected chi connectivity index (χ1v) is 7.82. The molecule has 0 saturated heterocycles. The van der Waals surface area contributed by atoms with E-state index < -0.39 is 0 Å². The van der Waals surface area contributed by atoms with Crippen LogP contribution in [0.2, 0.25) is 0 Å². The predicted octanol–water partition coefficient (Wildman–Crippen LogP) is 2.75. The van der Waals surface area contributed by atoms with Crippen LogP contribution in [0.15, 0.2) is 22.4 Å². The Balaban J connectivity index is 1.81. The predicted molar refractivity (Wildman–Crippen MR) is 85.4 cm³/mol. The van der Waals surface area contributed by atoms with Crippen molar-refractivity contribution in [3.05, 3.63) is 12.1 Å². The highest BCUT2D eigenvalue weighted by molar-refractivity contribution is 7.80. The quantitative estimate of drug-likeness (QED) is 0.505. The van der Waals surface area contributed by atoms with Crippen LogP contribution in [0.4, 0.5) is 16.0 Å². The van der Waals surface area contributed by atoms with Gasteiger partial charge >= 0.3 is 0 Å². The summed E-state index contributed by atoms with van der Waals surface area (Å²) < 4.78 is 10.8. The highest BCUT2D eigenvalue weighted by Crippen LogP contribution is 2.41. The number of ether oxygens (including phenoxy) is 2. The van der Waals surface area contributed by atoms with Gasteiger partial charge in [0.25, 0.3) is 5.13 Å². The summed E-state index contributed by atoms with van der Waals surface area (Å²) in [4.78, 5) is 1.82. The van der Waals surface area contributed by atoms with Crippen molar-refractivity contribution in [1.29, 1.82) is 0 Å². The number of benzene rings is 1. The van der Waals surface area contributed by atoms with Crippen molar-refractivity contribution in [2.45, 2.75) is 0 Å². The summed E-state index contributed by atoms with van der Waals surface area (Å²) in [6.45, 7) is 0.920. The highest BCUT2D eigenvalue weighted by atomic mass is 32.1. The smallest absolute Gasteiger partial charge is 0.253 e. The van der Waals surface area contributed by atoms with Crippen LogP contribution < -0.4 is 14.4 Å². The lowest BCUT2D eigenvalue weighted by molar-refractivity contribution is 0.171. The van der Waals surface area contributed by atoms with Crippen LogP contribution in [0.3, 0.4) is 0 Å². The maximum absolute atomic E-state index is 9.94. The van der Waals surface area contributed by atoms with Gasteiger partial charge in [-0.2, -0.15) is 12.6 Å². The van der Waals surface area contributed by atoms with Crippen LogP contribution in [0.5, 0.6) is 17.2 Å². The highest BCUT2D eigenvalue weighted by Gasteiger charge is 2.15. The average Bonchev–Trinajstić information content (AvgIpc) is 3.01. The molecular weight excluding hydrogens is 326 g/mol. The van der Waals surface area contributed by atoms with E-state index in [-0.39, 0.29) is 11.4 Å². The van der Waals surface area contributed by atoms with Gasteiger partial charge in [0.15, 0.2) is 11.5 Å². The monoisotopic (exact) mass is 339 g/mol. The van der Waals surface area contributed by atoms with Crippen molar-refractivity contribution in [2.75, 3.05) is 31.0 Å². The fourth-order valence-electron chi connectivity index (χ4n) is 1.71. The summed E-state index contributed by atoms with van der Waals surface area (Å²) >= 11 is 5.43. The van der Waals surface area contributed by atoms with E-state index in [4.69, 9.17) is 9.47 Å². The molecule has 1 aliphatic heterocycles. The number of aromatic hydroxyl groups is 1. The van der Waals surface area contributed by atoms with Crippen molar-refractivity contribution in [2.24, 2.45) is 10.2 Å². The SMILES string of the molecule is CN(CS)c1nnc(N=Nc2cc3c(cc2O)OCCO3)s1. The number of hydrogen-bond donors (Lipinski definition) is 2. The van der Waals surface area contributed by atoms with Crippen LogP contribution in [-0.2, 0) is 0 Å². The topological polar surface area (TPSA) is 92.4 Å². The van der Waals surface area contributed by atoms with Crippen LogP contribution in [0.1, 0.15) is 0 Å². The summed E-state index contributed by atoms with van der Waals surface area (Å²) in [5.41, 5.74) is 0.281. The van der Waals surface area contributed by atoms with Gasteiger partial charge in [-0.25, -0.2) is 0 Å². The maximum atomic E-state index is 9.94. The second-order valence-corrected chi connectivity index (χ2v) is 5.61. The molecule has 8 nitrogen and oxygen atoms in total.